The van der Waals surface area contributed by atoms with Gasteiger partial charge in [-0.25, -0.2) is 13.2 Å². The fraction of sp³-hybridized carbons (Fsp3) is 0.0556. The number of rotatable bonds is 5. The summed E-state index contributed by atoms with van der Waals surface area (Å²) in [6.45, 7) is 1.77. The van der Waals surface area contributed by atoms with Crippen molar-refractivity contribution in [1.29, 1.82) is 0 Å². The zero-order chi connectivity index (χ0) is 18.9. The number of carboxylic acid groups (broad SMARTS) is 1. The van der Waals surface area contributed by atoms with Crippen LogP contribution in [-0.2, 0) is 10.0 Å². The third kappa shape index (κ3) is 3.81. The summed E-state index contributed by atoms with van der Waals surface area (Å²) in [6, 6.07) is 14.2. The van der Waals surface area contributed by atoms with Crippen LogP contribution >= 0.6 is 15.9 Å². The van der Waals surface area contributed by atoms with Gasteiger partial charge < -0.3 is 9.52 Å². The van der Waals surface area contributed by atoms with Gasteiger partial charge in [0, 0.05) is 10.0 Å². The third-order valence-electron chi connectivity index (χ3n) is 3.71. The van der Waals surface area contributed by atoms with Gasteiger partial charge in [0.05, 0.1) is 10.6 Å². The molecule has 2 aromatic carbocycles. The number of carboxylic acids is 1. The van der Waals surface area contributed by atoms with Gasteiger partial charge >= 0.3 is 5.97 Å². The molecule has 26 heavy (non-hydrogen) atoms. The summed E-state index contributed by atoms with van der Waals surface area (Å²) in [6.07, 6.45) is 0. The fourth-order valence-electron chi connectivity index (χ4n) is 2.31. The maximum atomic E-state index is 12.6. The van der Waals surface area contributed by atoms with Crippen LogP contribution in [0, 0.1) is 6.92 Å². The Morgan fingerprint density at radius 3 is 2.38 bits per heavy atom. The molecule has 8 heteroatoms. The fourth-order valence-corrected chi connectivity index (χ4v) is 3.70. The molecule has 0 radical (unpaired) electrons. The number of furan rings is 1. The second-order valence-corrected chi connectivity index (χ2v) is 8.16. The van der Waals surface area contributed by atoms with E-state index >= 15 is 0 Å². The van der Waals surface area contributed by atoms with Gasteiger partial charge in [-0.15, -0.1) is 0 Å². The molecule has 1 aromatic heterocycles. The first-order valence-electron chi connectivity index (χ1n) is 7.49. The number of hydrogen-bond acceptors (Lipinski definition) is 4. The van der Waals surface area contributed by atoms with Crippen molar-refractivity contribution in [2.24, 2.45) is 0 Å². The van der Waals surface area contributed by atoms with Crippen molar-refractivity contribution in [3.05, 3.63) is 70.4 Å². The average Bonchev–Trinajstić information content (AvgIpc) is 3.07. The maximum absolute atomic E-state index is 12.6. The zero-order valence-corrected chi connectivity index (χ0v) is 16.0. The Hall–Kier alpha value is -2.58. The zero-order valence-electron chi connectivity index (χ0n) is 13.6. The first-order chi connectivity index (χ1) is 12.3. The van der Waals surface area contributed by atoms with Crippen LogP contribution in [0.1, 0.15) is 16.1 Å². The Morgan fingerprint density at radius 2 is 1.77 bits per heavy atom. The summed E-state index contributed by atoms with van der Waals surface area (Å²) in [5, 5.41) is 8.95. The number of anilines is 1. The van der Waals surface area contributed by atoms with Crippen LogP contribution < -0.4 is 4.72 Å². The van der Waals surface area contributed by atoms with E-state index in [1.165, 1.54) is 24.3 Å². The minimum atomic E-state index is -3.76. The minimum Gasteiger partial charge on any atom is -0.475 e. The predicted molar refractivity (Wildman–Crippen MR) is 101 cm³/mol. The molecule has 0 saturated carbocycles. The second-order valence-electron chi connectivity index (χ2n) is 5.56. The Morgan fingerprint density at radius 1 is 1.08 bits per heavy atom. The van der Waals surface area contributed by atoms with Crippen LogP contribution in [-0.4, -0.2) is 19.5 Å². The molecule has 3 aromatic rings. The maximum Gasteiger partial charge on any atom is 0.371 e. The van der Waals surface area contributed by atoms with Crippen LogP contribution in [0.5, 0.6) is 0 Å². The molecule has 0 aliphatic rings. The van der Waals surface area contributed by atoms with Crippen LogP contribution in [0.2, 0.25) is 0 Å². The van der Waals surface area contributed by atoms with Gasteiger partial charge in [-0.1, -0.05) is 28.1 Å². The lowest BCUT2D eigenvalue weighted by Crippen LogP contribution is -2.13. The van der Waals surface area contributed by atoms with Crippen molar-refractivity contribution in [3.63, 3.8) is 0 Å². The highest BCUT2D eigenvalue weighted by molar-refractivity contribution is 9.10. The lowest BCUT2D eigenvalue weighted by atomic mass is 10.1. The van der Waals surface area contributed by atoms with Crippen molar-refractivity contribution in [2.75, 3.05) is 4.72 Å². The van der Waals surface area contributed by atoms with Gasteiger partial charge in [0.25, 0.3) is 10.0 Å². The van der Waals surface area contributed by atoms with Crippen molar-refractivity contribution >= 4 is 37.6 Å². The predicted octanol–water partition coefficient (Wildman–Crippen LogP) is 4.52. The summed E-state index contributed by atoms with van der Waals surface area (Å²) in [5.41, 5.74) is 1.68. The van der Waals surface area contributed by atoms with E-state index in [0.717, 1.165) is 10.0 Å². The first-order valence-corrected chi connectivity index (χ1v) is 9.76. The summed E-state index contributed by atoms with van der Waals surface area (Å²) < 4.78 is 33.8. The molecule has 134 valence electrons. The van der Waals surface area contributed by atoms with E-state index in [1.54, 1.807) is 37.3 Å². The summed E-state index contributed by atoms with van der Waals surface area (Å²) in [5.74, 6) is -1.01. The third-order valence-corrected chi connectivity index (χ3v) is 5.62. The smallest absolute Gasteiger partial charge is 0.371 e. The highest BCUT2D eigenvalue weighted by Crippen LogP contribution is 2.28. The molecule has 0 fully saturated rings. The molecular weight excluding hydrogens is 422 g/mol. The molecule has 6 nitrogen and oxygen atoms in total. The molecule has 3 rings (SSSR count). The van der Waals surface area contributed by atoms with Crippen LogP contribution in [0.3, 0.4) is 0 Å². The highest BCUT2D eigenvalue weighted by atomic mass is 79.9. The van der Waals surface area contributed by atoms with Gasteiger partial charge in [0.1, 0.15) is 5.76 Å². The highest BCUT2D eigenvalue weighted by Gasteiger charge is 2.17. The number of nitrogens with one attached hydrogen (secondary N) is 1. The van der Waals surface area contributed by atoms with Gasteiger partial charge in [-0.2, -0.15) is 0 Å². The van der Waals surface area contributed by atoms with Crippen molar-refractivity contribution < 1.29 is 22.7 Å². The van der Waals surface area contributed by atoms with Gasteiger partial charge in [0.2, 0.25) is 5.76 Å². The number of carbonyl (C=O) groups is 1. The molecule has 0 saturated heterocycles. The Labute approximate surface area is 158 Å². The Bertz CT molecular complexity index is 1070. The van der Waals surface area contributed by atoms with Gasteiger partial charge in [-0.05, 0) is 55.0 Å². The molecule has 0 atom stereocenters. The molecule has 0 aliphatic carbocycles. The number of sulfonamides is 1. The van der Waals surface area contributed by atoms with E-state index in [4.69, 9.17) is 9.52 Å². The molecule has 0 aliphatic heterocycles. The van der Waals surface area contributed by atoms with Crippen LogP contribution in [0.4, 0.5) is 5.69 Å². The molecule has 1 heterocycles. The van der Waals surface area contributed by atoms with E-state index in [1.807, 2.05) is 0 Å². The minimum absolute atomic E-state index is 0.136. The second kappa shape index (κ2) is 6.97. The van der Waals surface area contributed by atoms with E-state index < -0.39 is 16.0 Å². The van der Waals surface area contributed by atoms with Crippen LogP contribution in [0.25, 0.3) is 11.3 Å². The van der Waals surface area contributed by atoms with Crippen molar-refractivity contribution in [2.45, 2.75) is 11.8 Å². The lowest BCUT2D eigenvalue weighted by molar-refractivity contribution is 0.0663. The standard InChI is InChI=1S/C18H14BrNO5S/c1-11-2-3-12(16-8-9-17(25-16)18(21)22)10-15(11)20-26(23,24)14-6-4-13(19)5-7-14/h2-10,20H,1H3,(H,21,22). The number of aryl methyl sites for hydroxylation is 1. The number of benzene rings is 2. The van der Waals surface area contributed by atoms with Crippen molar-refractivity contribution in [1.82, 2.24) is 0 Å². The van der Waals surface area contributed by atoms with Crippen LogP contribution in [0.15, 0.2) is 68.4 Å². The Kier molecular flexibility index (Phi) is 4.88. The largest absolute Gasteiger partial charge is 0.475 e. The number of hydrogen-bond donors (Lipinski definition) is 2. The quantitative estimate of drug-likeness (QED) is 0.613. The van der Waals surface area contributed by atoms with E-state index in [2.05, 4.69) is 20.7 Å². The molecule has 0 unspecified atom stereocenters. The SMILES string of the molecule is Cc1ccc(-c2ccc(C(=O)O)o2)cc1NS(=O)(=O)c1ccc(Br)cc1. The van der Waals surface area contributed by atoms with E-state index in [-0.39, 0.29) is 10.7 Å². The van der Waals surface area contributed by atoms with Gasteiger partial charge in [0.15, 0.2) is 0 Å². The normalized spacial score (nSPS) is 11.3. The summed E-state index contributed by atoms with van der Waals surface area (Å²) in [4.78, 5) is 11.1. The number of halogens is 1. The monoisotopic (exact) mass is 435 g/mol. The number of aromatic carboxylic acids is 1. The van der Waals surface area contributed by atoms with Crippen molar-refractivity contribution in [3.8, 4) is 11.3 Å². The molecule has 0 bridgehead atoms. The first kappa shape index (κ1) is 18.2. The van der Waals surface area contributed by atoms with E-state index in [0.29, 0.717) is 17.0 Å². The molecule has 2 N–H and O–H groups in total. The lowest BCUT2D eigenvalue weighted by Gasteiger charge is -2.12. The molecule has 0 amide bonds. The summed E-state index contributed by atoms with van der Waals surface area (Å²) >= 11 is 3.27. The molecule has 0 spiro atoms. The average molecular weight is 436 g/mol. The topological polar surface area (TPSA) is 96.6 Å². The van der Waals surface area contributed by atoms with Gasteiger partial charge in [-0.3, -0.25) is 4.72 Å². The Balaban J connectivity index is 1.95. The summed E-state index contributed by atoms with van der Waals surface area (Å²) in [7, 11) is -3.76. The molecular formula is C18H14BrNO5S. The van der Waals surface area contributed by atoms with E-state index in [9.17, 15) is 13.2 Å².